The Hall–Kier alpha value is -2.75. The van der Waals surface area contributed by atoms with Crippen molar-refractivity contribution in [3.05, 3.63) is 77.9 Å². The normalized spacial score (nSPS) is 25.2. The van der Waals surface area contributed by atoms with E-state index in [0.29, 0.717) is 23.5 Å². The van der Waals surface area contributed by atoms with Crippen LogP contribution in [-0.4, -0.2) is 65.2 Å². The molecule has 0 radical (unpaired) electrons. The number of rotatable bonds is 9. The Balaban J connectivity index is 1.57. The summed E-state index contributed by atoms with van der Waals surface area (Å²) in [6, 6.07) is 14.7. The fourth-order valence-electron chi connectivity index (χ4n) is 3.29. The second-order valence-electron chi connectivity index (χ2n) is 7.49. The smallest absolute Gasteiger partial charge is 0.338 e. The third-order valence-corrected chi connectivity index (χ3v) is 5.09. The molecule has 0 saturated carbocycles. The molecule has 8 heteroatoms. The number of carbonyl (C=O) groups is 1. The van der Waals surface area contributed by atoms with Crippen LogP contribution in [0.1, 0.15) is 21.5 Å². The maximum atomic E-state index is 12.5. The topological polar surface area (TPSA) is 115 Å². The lowest BCUT2D eigenvalue weighted by Crippen LogP contribution is -2.59. The van der Waals surface area contributed by atoms with Gasteiger partial charge in [-0.1, -0.05) is 36.4 Å². The lowest BCUT2D eigenvalue weighted by atomic mass is 9.99. The lowest BCUT2D eigenvalue weighted by Gasteiger charge is -2.39. The Morgan fingerprint density at radius 1 is 1.09 bits per heavy atom. The third-order valence-electron chi connectivity index (χ3n) is 5.09. The van der Waals surface area contributed by atoms with Crippen LogP contribution < -0.4 is 4.74 Å². The monoisotopic (exact) mass is 444 g/mol. The van der Waals surface area contributed by atoms with Crippen LogP contribution in [0.4, 0.5) is 0 Å². The summed E-state index contributed by atoms with van der Waals surface area (Å²) in [5.41, 5.74) is 2.03. The van der Waals surface area contributed by atoms with E-state index >= 15 is 0 Å². The molecule has 0 spiro atoms. The summed E-state index contributed by atoms with van der Waals surface area (Å²) in [6.45, 7) is 5.42. The molecule has 8 nitrogen and oxygen atoms in total. The summed E-state index contributed by atoms with van der Waals surface area (Å²) in [6.07, 6.45) is -5.19. The van der Waals surface area contributed by atoms with Gasteiger partial charge < -0.3 is 34.3 Å². The molecule has 3 rings (SSSR count). The van der Waals surface area contributed by atoms with Gasteiger partial charge in [-0.2, -0.15) is 0 Å². The highest BCUT2D eigenvalue weighted by atomic mass is 16.7. The maximum Gasteiger partial charge on any atom is 0.338 e. The van der Waals surface area contributed by atoms with Crippen molar-refractivity contribution in [2.45, 2.75) is 44.2 Å². The van der Waals surface area contributed by atoms with Crippen molar-refractivity contribution in [3.8, 4) is 5.75 Å². The Morgan fingerprint density at radius 3 is 2.53 bits per heavy atom. The van der Waals surface area contributed by atoms with Crippen molar-refractivity contribution in [2.24, 2.45) is 0 Å². The highest BCUT2D eigenvalue weighted by Gasteiger charge is 2.44. The molecular weight excluding hydrogens is 416 g/mol. The molecule has 32 heavy (non-hydrogen) atoms. The predicted octanol–water partition coefficient (Wildman–Crippen LogP) is 1.74. The number of aliphatic hydroxyl groups excluding tert-OH is 3. The number of esters is 1. The van der Waals surface area contributed by atoms with Gasteiger partial charge in [-0.05, 0) is 36.2 Å². The molecule has 1 aliphatic rings. The molecule has 5 atom stereocenters. The Bertz CT molecular complexity index is 900. The zero-order valence-corrected chi connectivity index (χ0v) is 17.8. The van der Waals surface area contributed by atoms with E-state index in [1.54, 1.807) is 25.1 Å². The zero-order chi connectivity index (χ0) is 23.1. The molecule has 172 valence electrons. The van der Waals surface area contributed by atoms with Crippen molar-refractivity contribution >= 4 is 5.97 Å². The highest BCUT2D eigenvalue weighted by Crippen LogP contribution is 2.24. The van der Waals surface area contributed by atoms with E-state index in [1.165, 1.54) is 6.08 Å². The molecule has 1 heterocycles. The van der Waals surface area contributed by atoms with Crippen molar-refractivity contribution < 1.29 is 39.1 Å². The molecule has 0 unspecified atom stereocenters. The van der Waals surface area contributed by atoms with Crippen molar-refractivity contribution in [3.63, 3.8) is 0 Å². The van der Waals surface area contributed by atoms with Crippen molar-refractivity contribution in [2.75, 3.05) is 13.2 Å². The predicted molar refractivity (Wildman–Crippen MR) is 115 cm³/mol. The average Bonchev–Trinajstić information content (AvgIpc) is 2.80. The minimum atomic E-state index is -1.51. The van der Waals surface area contributed by atoms with Crippen molar-refractivity contribution in [1.29, 1.82) is 0 Å². The van der Waals surface area contributed by atoms with Gasteiger partial charge in [0.05, 0.1) is 12.2 Å². The van der Waals surface area contributed by atoms with Crippen LogP contribution in [0.5, 0.6) is 5.75 Å². The minimum absolute atomic E-state index is 0.0783. The van der Waals surface area contributed by atoms with Gasteiger partial charge in [0, 0.05) is 0 Å². The first kappa shape index (κ1) is 23.9. The molecule has 0 bridgehead atoms. The number of benzene rings is 2. The molecule has 1 saturated heterocycles. The number of hydrogen-bond donors (Lipinski definition) is 3. The van der Waals surface area contributed by atoms with Gasteiger partial charge in [-0.15, -0.1) is 6.58 Å². The number of hydrogen-bond acceptors (Lipinski definition) is 8. The molecule has 1 aliphatic heterocycles. The van der Waals surface area contributed by atoms with Crippen molar-refractivity contribution in [1.82, 2.24) is 0 Å². The maximum absolute atomic E-state index is 12.5. The Labute approximate surface area is 186 Å². The second kappa shape index (κ2) is 11.2. The van der Waals surface area contributed by atoms with Crippen LogP contribution in [0.2, 0.25) is 0 Å². The largest absolute Gasteiger partial charge is 0.489 e. The Morgan fingerprint density at radius 2 is 1.84 bits per heavy atom. The average molecular weight is 444 g/mol. The molecule has 0 aliphatic carbocycles. The standard InChI is InChI=1S/C24H28O8/c1-3-11-29-24-22(27)21(26)20(25)19(32-24)14-31-23(28)18-10-9-17(12-15(18)2)30-13-16-7-5-4-6-8-16/h3-10,12,19-22,24-27H,1,11,13-14H2,2H3/t19-,20-,21+,22-,24-/m1/s1. The van der Waals surface area contributed by atoms with E-state index in [0.717, 1.165) is 5.56 Å². The van der Waals surface area contributed by atoms with E-state index in [9.17, 15) is 20.1 Å². The summed E-state index contributed by atoms with van der Waals surface area (Å²) in [4.78, 5) is 12.5. The zero-order valence-electron chi connectivity index (χ0n) is 17.8. The van der Waals surface area contributed by atoms with E-state index in [-0.39, 0.29) is 13.2 Å². The van der Waals surface area contributed by atoms with Crippen LogP contribution in [0.25, 0.3) is 0 Å². The second-order valence-corrected chi connectivity index (χ2v) is 7.49. The molecule has 2 aromatic rings. The number of aryl methyl sites for hydroxylation is 1. The van der Waals surface area contributed by atoms with Gasteiger partial charge >= 0.3 is 5.97 Å². The lowest BCUT2D eigenvalue weighted by molar-refractivity contribution is -0.298. The first-order valence-corrected chi connectivity index (χ1v) is 10.3. The highest BCUT2D eigenvalue weighted by molar-refractivity contribution is 5.91. The van der Waals surface area contributed by atoms with E-state index in [4.69, 9.17) is 18.9 Å². The molecule has 0 aromatic heterocycles. The summed E-state index contributed by atoms with van der Waals surface area (Å²) in [7, 11) is 0. The van der Waals surface area contributed by atoms with Crippen LogP contribution >= 0.6 is 0 Å². The van der Waals surface area contributed by atoms with E-state index < -0.39 is 36.7 Å². The first-order chi connectivity index (χ1) is 15.4. The molecule has 2 aromatic carbocycles. The quantitative estimate of drug-likeness (QED) is 0.396. The number of carbonyl (C=O) groups excluding carboxylic acids is 1. The Kier molecular flexibility index (Phi) is 8.38. The SMILES string of the molecule is C=CCO[C@@H]1O[C@H](COC(=O)c2ccc(OCc3ccccc3)cc2C)[C@@H](O)[C@H](O)[C@H]1O. The third kappa shape index (κ3) is 5.93. The van der Waals surface area contributed by atoms with Gasteiger partial charge in [-0.3, -0.25) is 0 Å². The summed E-state index contributed by atoms with van der Waals surface area (Å²) < 4.78 is 21.8. The molecular formula is C24H28O8. The van der Waals surface area contributed by atoms with Gasteiger partial charge in [0.25, 0.3) is 0 Å². The van der Waals surface area contributed by atoms with E-state index in [1.807, 2.05) is 30.3 Å². The van der Waals surface area contributed by atoms with Crippen LogP contribution in [0.15, 0.2) is 61.2 Å². The van der Waals surface area contributed by atoms with Crippen LogP contribution in [0, 0.1) is 6.92 Å². The molecule has 3 N–H and O–H groups in total. The van der Waals surface area contributed by atoms with Gasteiger partial charge in [0.1, 0.15) is 43.4 Å². The summed E-state index contributed by atoms with van der Waals surface area (Å²) in [5, 5.41) is 30.2. The summed E-state index contributed by atoms with van der Waals surface area (Å²) >= 11 is 0. The number of ether oxygens (including phenoxy) is 4. The summed E-state index contributed by atoms with van der Waals surface area (Å²) in [5.74, 6) is 0.00494. The van der Waals surface area contributed by atoms with Gasteiger partial charge in [0.2, 0.25) is 0 Å². The van der Waals surface area contributed by atoms with Gasteiger partial charge in [0.15, 0.2) is 6.29 Å². The number of aliphatic hydroxyl groups is 3. The van der Waals surface area contributed by atoms with Gasteiger partial charge in [-0.25, -0.2) is 4.79 Å². The van der Waals surface area contributed by atoms with E-state index in [2.05, 4.69) is 6.58 Å². The first-order valence-electron chi connectivity index (χ1n) is 10.3. The van der Waals surface area contributed by atoms with Crippen LogP contribution in [0.3, 0.4) is 0 Å². The fraction of sp³-hybridized carbons (Fsp3) is 0.375. The molecule has 0 amide bonds. The molecule has 1 fully saturated rings. The minimum Gasteiger partial charge on any atom is -0.489 e. The van der Waals surface area contributed by atoms with Crippen LogP contribution in [-0.2, 0) is 20.8 Å². The fourth-order valence-corrected chi connectivity index (χ4v) is 3.29.